The SMILES string of the molecule is C[C@@H]1CN(c2ccc3nc[nH]c3c2)[C@@H]1c1c(F)cc(-c2cnn(C)c2)cc1F. The van der Waals surface area contributed by atoms with E-state index in [1.165, 1.54) is 12.1 Å². The topological polar surface area (TPSA) is 49.7 Å². The van der Waals surface area contributed by atoms with Crippen LogP contribution in [0.3, 0.4) is 0 Å². The van der Waals surface area contributed by atoms with Crippen molar-refractivity contribution < 1.29 is 8.78 Å². The van der Waals surface area contributed by atoms with Crippen LogP contribution in [0.5, 0.6) is 0 Å². The lowest BCUT2D eigenvalue weighted by molar-refractivity contribution is 0.306. The van der Waals surface area contributed by atoms with Gasteiger partial charge in [-0.05, 0) is 41.8 Å². The van der Waals surface area contributed by atoms with Crippen molar-refractivity contribution in [3.05, 3.63) is 66.3 Å². The molecule has 0 amide bonds. The summed E-state index contributed by atoms with van der Waals surface area (Å²) in [6, 6.07) is 8.29. The predicted molar refractivity (Wildman–Crippen MR) is 104 cm³/mol. The lowest BCUT2D eigenvalue weighted by Crippen LogP contribution is -2.49. The molecule has 0 bridgehead atoms. The van der Waals surface area contributed by atoms with E-state index in [-0.39, 0.29) is 17.5 Å². The number of hydrogen-bond donors (Lipinski definition) is 1. The third-order valence-electron chi connectivity index (χ3n) is 5.51. The molecule has 5 nitrogen and oxygen atoms in total. The zero-order chi connectivity index (χ0) is 19.4. The van der Waals surface area contributed by atoms with Crippen molar-refractivity contribution in [1.82, 2.24) is 19.7 Å². The Labute approximate surface area is 160 Å². The van der Waals surface area contributed by atoms with Crippen LogP contribution < -0.4 is 4.90 Å². The molecule has 2 aromatic carbocycles. The standard InChI is InChI=1S/C21H19F2N5/c1-12-9-28(15-3-4-18-19(7-15)25-11-24-18)21(12)20-16(22)5-13(6-17(20)23)14-8-26-27(2)10-14/h3-8,10-12,21H,9H2,1-2H3,(H,24,25)/t12-,21+/m1/s1. The Morgan fingerprint density at radius 1 is 1.11 bits per heavy atom. The van der Waals surface area contributed by atoms with Gasteiger partial charge in [-0.1, -0.05) is 6.92 Å². The molecule has 1 saturated heterocycles. The number of benzene rings is 2. The molecule has 1 aliphatic rings. The van der Waals surface area contributed by atoms with Gasteiger partial charge in [0, 0.05) is 36.6 Å². The van der Waals surface area contributed by atoms with Gasteiger partial charge in [0.25, 0.3) is 0 Å². The van der Waals surface area contributed by atoms with Gasteiger partial charge in [0.15, 0.2) is 0 Å². The fourth-order valence-corrected chi connectivity index (χ4v) is 4.11. The molecule has 1 N–H and O–H groups in total. The number of anilines is 1. The monoisotopic (exact) mass is 379 g/mol. The Morgan fingerprint density at radius 3 is 2.57 bits per heavy atom. The van der Waals surface area contributed by atoms with Gasteiger partial charge in [0.1, 0.15) is 11.6 Å². The Balaban J connectivity index is 1.53. The molecule has 7 heteroatoms. The number of aromatic amines is 1. The second-order valence-electron chi connectivity index (χ2n) is 7.43. The third kappa shape index (κ3) is 2.58. The second kappa shape index (κ2) is 6.15. The largest absolute Gasteiger partial charge is 0.364 e. The van der Waals surface area contributed by atoms with Crippen molar-refractivity contribution in [3.63, 3.8) is 0 Å². The van der Waals surface area contributed by atoms with E-state index >= 15 is 8.78 Å². The summed E-state index contributed by atoms with van der Waals surface area (Å²) in [6.45, 7) is 2.76. The average Bonchev–Trinajstić information content (AvgIpc) is 3.30. The van der Waals surface area contributed by atoms with Crippen LogP contribution in [0.1, 0.15) is 18.5 Å². The molecule has 5 rings (SSSR count). The molecule has 2 atom stereocenters. The molecule has 142 valence electrons. The minimum absolute atomic E-state index is 0.121. The third-order valence-corrected chi connectivity index (χ3v) is 5.51. The van der Waals surface area contributed by atoms with Crippen LogP contribution >= 0.6 is 0 Å². The number of rotatable bonds is 3. The van der Waals surface area contributed by atoms with Crippen molar-refractivity contribution in [1.29, 1.82) is 0 Å². The highest BCUT2D eigenvalue weighted by atomic mass is 19.1. The van der Waals surface area contributed by atoms with Crippen LogP contribution in [0.25, 0.3) is 22.2 Å². The zero-order valence-corrected chi connectivity index (χ0v) is 15.5. The second-order valence-corrected chi connectivity index (χ2v) is 7.43. The Bertz CT molecular complexity index is 1160. The number of nitrogens with zero attached hydrogens (tertiary/aromatic N) is 4. The normalized spacial score (nSPS) is 19.2. The average molecular weight is 379 g/mol. The van der Waals surface area contributed by atoms with Gasteiger partial charge >= 0.3 is 0 Å². The molecule has 1 fully saturated rings. The summed E-state index contributed by atoms with van der Waals surface area (Å²) in [4.78, 5) is 9.35. The number of nitrogens with one attached hydrogen (secondary N) is 1. The summed E-state index contributed by atoms with van der Waals surface area (Å²) in [7, 11) is 1.77. The molecule has 28 heavy (non-hydrogen) atoms. The first-order chi connectivity index (χ1) is 13.5. The maximum absolute atomic E-state index is 15.0. The molecule has 2 aromatic heterocycles. The molecule has 0 unspecified atom stereocenters. The summed E-state index contributed by atoms with van der Waals surface area (Å²) < 4.78 is 31.7. The summed E-state index contributed by atoms with van der Waals surface area (Å²) in [5.41, 5.74) is 4.00. The Kier molecular flexibility index (Phi) is 3.72. The van der Waals surface area contributed by atoms with Crippen molar-refractivity contribution in [2.45, 2.75) is 13.0 Å². The fourth-order valence-electron chi connectivity index (χ4n) is 4.11. The number of halogens is 2. The van der Waals surface area contributed by atoms with Crippen molar-refractivity contribution in [2.75, 3.05) is 11.4 Å². The van der Waals surface area contributed by atoms with Gasteiger partial charge in [-0.2, -0.15) is 5.10 Å². The molecule has 4 aromatic rings. The molecule has 0 spiro atoms. The highest BCUT2D eigenvalue weighted by molar-refractivity contribution is 5.79. The maximum Gasteiger partial charge on any atom is 0.132 e. The van der Waals surface area contributed by atoms with Gasteiger partial charge in [-0.3, -0.25) is 4.68 Å². The van der Waals surface area contributed by atoms with Crippen molar-refractivity contribution >= 4 is 16.7 Å². The lowest BCUT2D eigenvalue weighted by atomic mass is 9.83. The highest BCUT2D eigenvalue weighted by Gasteiger charge is 2.40. The quantitative estimate of drug-likeness (QED) is 0.573. The molecule has 3 heterocycles. The van der Waals surface area contributed by atoms with Crippen LogP contribution in [0.15, 0.2) is 49.1 Å². The lowest BCUT2D eigenvalue weighted by Gasteiger charge is -2.48. The van der Waals surface area contributed by atoms with Crippen LogP contribution in [0, 0.1) is 17.6 Å². The van der Waals surface area contributed by atoms with E-state index in [1.54, 1.807) is 30.5 Å². The van der Waals surface area contributed by atoms with Gasteiger partial charge in [0.05, 0.1) is 29.6 Å². The first-order valence-electron chi connectivity index (χ1n) is 9.19. The predicted octanol–water partition coefficient (Wildman–Crippen LogP) is 4.44. The van der Waals surface area contributed by atoms with E-state index in [1.807, 2.05) is 30.0 Å². The number of aromatic nitrogens is 4. The first-order valence-corrected chi connectivity index (χ1v) is 9.19. The van der Waals surface area contributed by atoms with E-state index in [0.717, 1.165) is 23.3 Å². The van der Waals surface area contributed by atoms with E-state index < -0.39 is 11.6 Å². The molecule has 0 aliphatic carbocycles. The number of hydrogen-bond acceptors (Lipinski definition) is 3. The molecule has 0 saturated carbocycles. The molecular formula is C21H19F2N5. The maximum atomic E-state index is 15.0. The first kappa shape index (κ1) is 16.9. The Morgan fingerprint density at radius 2 is 1.89 bits per heavy atom. The summed E-state index contributed by atoms with van der Waals surface area (Å²) in [5, 5.41) is 4.08. The summed E-state index contributed by atoms with van der Waals surface area (Å²) in [5.74, 6) is -0.906. The Hall–Kier alpha value is -3.22. The molecule has 1 aliphatic heterocycles. The van der Waals surface area contributed by atoms with Crippen LogP contribution in [0.2, 0.25) is 0 Å². The summed E-state index contributed by atoms with van der Waals surface area (Å²) in [6.07, 6.45) is 4.98. The van der Waals surface area contributed by atoms with Gasteiger partial charge in [-0.15, -0.1) is 0 Å². The van der Waals surface area contributed by atoms with Gasteiger partial charge < -0.3 is 9.88 Å². The van der Waals surface area contributed by atoms with Gasteiger partial charge in [-0.25, -0.2) is 13.8 Å². The smallest absolute Gasteiger partial charge is 0.132 e. The zero-order valence-electron chi connectivity index (χ0n) is 15.5. The number of imidazole rings is 1. The minimum atomic E-state index is -0.525. The van der Waals surface area contributed by atoms with Crippen LogP contribution in [-0.4, -0.2) is 26.3 Å². The van der Waals surface area contributed by atoms with Crippen LogP contribution in [0.4, 0.5) is 14.5 Å². The number of fused-ring (bicyclic) bond motifs is 1. The van der Waals surface area contributed by atoms with Gasteiger partial charge in [0.2, 0.25) is 0 Å². The van der Waals surface area contributed by atoms with E-state index in [9.17, 15) is 0 Å². The van der Waals surface area contributed by atoms with E-state index in [4.69, 9.17) is 0 Å². The highest BCUT2D eigenvalue weighted by Crippen LogP contribution is 2.44. The fraction of sp³-hybridized carbons (Fsp3) is 0.238. The van der Waals surface area contributed by atoms with E-state index in [0.29, 0.717) is 11.1 Å². The van der Waals surface area contributed by atoms with Crippen molar-refractivity contribution in [3.8, 4) is 11.1 Å². The number of aryl methyl sites for hydroxylation is 1. The van der Waals surface area contributed by atoms with E-state index in [2.05, 4.69) is 15.1 Å². The molecule has 0 radical (unpaired) electrons. The number of H-pyrrole nitrogens is 1. The minimum Gasteiger partial charge on any atom is -0.364 e. The van der Waals surface area contributed by atoms with Crippen LogP contribution in [-0.2, 0) is 7.05 Å². The van der Waals surface area contributed by atoms with Crippen molar-refractivity contribution in [2.24, 2.45) is 13.0 Å². The molecular weight excluding hydrogens is 360 g/mol. The summed E-state index contributed by atoms with van der Waals surface area (Å²) >= 11 is 0.